The predicted octanol–water partition coefficient (Wildman–Crippen LogP) is 1.64. The first-order chi connectivity index (χ1) is 7.74. The SMILES string of the molecule is Cc1ccc2c(c1)COc1[nH]c(=O)ncc1-2. The Bertz CT molecular complexity index is 617. The Morgan fingerprint density at radius 1 is 1.38 bits per heavy atom. The fourth-order valence-electron chi connectivity index (χ4n) is 1.94. The normalized spacial score (nSPS) is 12.6. The van der Waals surface area contributed by atoms with Gasteiger partial charge in [-0.15, -0.1) is 0 Å². The average molecular weight is 214 g/mol. The van der Waals surface area contributed by atoms with E-state index in [9.17, 15) is 4.79 Å². The molecule has 1 aliphatic rings. The molecular weight excluding hydrogens is 204 g/mol. The molecule has 0 atom stereocenters. The van der Waals surface area contributed by atoms with Crippen LogP contribution in [-0.4, -0.2) is 9.97 Å². The molecule has 0 saturated heterocycles. The van der Waals surface area contributed by atoms with Crippen LogP contribution in [0.15, 0.2) is 29.2 Å². The minimum absolute atomic E-state index is 0.380. The van der Waals surface area contributed by atoms with E-state index in [-0.39, 0.29) is 5.69 Å². The lowest BCUT2D eigenvalue weighted by atomic mass is 9.98. The predicted molar refractivity (Wildman–Crippen MR) is 59.4 cm³/mol. The van der Waals surface area contributed by atoms with Crippen molar-refractivity contribution in [2.45, 2.75) is 13.5 Å². The lowest BCUT2D eigenvalue weighted by Crippen LogP contribution is -2.15. The van der Waals surface area contributed by atoms with Gasteiger partial charge >= 0.3 is 5.69 Å². The first-order valence-corrected chi connectivity index (χ1v) is 5.06. The van der Waals surface area contributed by atoms with Gasteiger partial charge in [-0.1, -0.05) is 23.8 Å². The molecule has 0 amide bonds. The van der Waals surface area contributed by atoms with Crippen molar-refractivity contribution in [3.8, 4) is 17.0 Å². The number of aromatic amines is 1. The molecule has 1 aromatic carbocycles. The van der Waals surface area contributed by atoms with E-state index in [2.05, 4.69) is 16.0 Å². The Kier molecular flexibility index (Phi) is 1.83. The molecule has 80 valence electrons. The van der Waals surface area contributed by atoms with Gasteiger partial charge in [-0.05, 0) is 18.1 Å². The Hall–Kier alpha value is -2.10. The van der Waals surface area contributed by atoms with Crippen molar-refractivity contribution in [2.75, 3.05) is 0 Å². The summed E-state index contributed by atoms with van der Waals surface area (Å²) in [6.07, 6.45) is 1.56. The third kappa shape index (κ3) is 1.31. The number of nitrogens with zero attached hydrogens (tertiary/aromatic N) is 1. The third-order valence-electron chi connectivity index (χ3n) is 2.70. The highest BCUT2D eigenvalue weighted by Crippen LogP contribution is 2.34. The summed E-state index contributed by atoms with van der Waals surface area (Å²) in [5.41, 5.74) is 3.87. The molecule has 16 heavy (non-hydrogen) atoms. The van der Waals surface area contributed by atoms with Crippen LogP contribution in [0.1, 0.15) is 11.1 Å². The molecule has 0 fully saturated rings. The van der Waals surface area contributed by atoms with Gasteiger partial charge in [0.05, 0.1) is 5.56 Å². The monoisotopic (exact) mass is 214 g/mol. The zero-order valence-corrected chi connectivity index (χ0v) is 8.78. The molecule has 1 N–H and O–H groups in total. The van der Waals surface area contributed by atoms with Crippen molar-refractivity contribution in [3.05, 3.63) is 46.0 Å². The van der Waals surface area contributed by atoms with E-state index in [1.54, 1.807) is 6.20 Å². The second-order valence-corrected chi connectivity index (χ2v) is 3.88. The maximum Gasteiger partial charge on any atom is 0.347 e. The number of hydrogen-bond donors (Lipinski definition) is 1. The van der Waals surface area contributed by atoms with Crippen molar-refractivity contribution in [1.82, 2.24) is 9.97 Å². The van der Waals surface area contributed by atoms with Gasteiger partial charge in [-0.25, -0.2) is 9.78 Å². The lowest BCUT2D eigenvalue weighted by molar-refractivity contribution is 0.288. The van der Waals surface area contributed by atoms with E-state index in [0.717, 1.165) is 16.7 Å². The number of aromatic nitrogens is 2. The maximum atomic E-state index is 11.1. The van der Waals surface area contributed by atoms with Crippen LogP contribution >= 0.6 is 0 Å². The fraction of sp³-hybridized carbons (Fsp3) is 0.167. The number of aryl methyl sites for hydroxylation is 1. The zero-order chi connectivity index (χ0) is 11.1. The van der Waals surface area contributed by atoms with E-state index in [1.807, 2.05) is 19.1 Å². The smallest absolute Gasteiger partial charge is 0.347 e. The fourth-order valence-corrected chi connectivity index (χ4v) is 1.94. The Morgan fingerprint density at radius 2 is 2.25 bits per heavy atom. The van der Waals surface area contributed by atoms with Crippen molar-refractivity contribution in [2.24, 2.45) is 0 Å². The van der Waals surface area contributed by atoms with Gasteiger partial charge < -0.3 is 4.74 Å². The van der Waals surface area contributed by atoms with Gasteiger partial charge in [0.2, 0.25) is 5.88 Å². The van der Waals surface area contributed by atoms with Gasteiger partial charge in [-0.2, -0.15) is 0 Å². The van der Waals surface area contributed by atoms with Crippen LogP contribution in [0.3, 0.4) is 0 Å². The van der Waals surface area contributed by atoms with Gasteiger partial charge in [0, 0.05) is 6.20 Å². The van der Waals surface area contributed by atoms with E-state index < -0.39 is 0 Å². The number of H-pyrrole nitrogens is 1. The first-order valence-electron chi connectivity index (χ1n) is 5.06. The topological polar surface area (TPSA) is 55.0 Å². The maximum absolute atomic E-state index is 11.1. The average Bonchev–Trinajstić information content (AvgIpc) is 2.28. The molecule has 0 unspecified atom stereocenters. The molecular formula is C12H10N2O2. The number of ether oxygens (including phenoxy) is 1. The highest BCUT2D eigenvalue weighted by Gasteiger charge is 2.18. The summed E-state index contributed by atoms with van der Waals surface area (Å²) in [6, 6.07) is 6.16. The molecule has 1 aliphatic heterocycles. The largest absolute Gasteiger partial charge is 0.473 e. The minimum atomic E-state index is -0.380. The van der Waals surface area contributed by atoms with Crippen molar-refractivity contribution in [1.29, 1.82) is 0 Å². The van der Waals surface area contributed by atoms with Crippen LogP contribution in [0.5, 0.6) is 5.88 Å². The lowest BCUT2D eigenvalue weighted by Gasteiger charge is -2.19. The van der Waals surface area contributed by atoms with E-state index in [4.69, 9.17) is 4.74 Å². The van der Waals surface area contributed by atoms with Gasteiger partial charge in [0.25, 0.3) is 0 Å². The highest BCUT2D eigenvalue weighted by atomic mass is 16.5. The van der Waals surface area contributed by atoms with Gasteiger partial charge in [0.15, 0.2) is 0 Å². The molecule has 4 nitrogen and oxygen atoms in total. The van der Waals surface area contributed by atoms with Crippen molar-refractivity contribution >= 4 is 0 Å². The van der Waals surface area contributed by atoms with Crippen molar-refractivity contribution < 1.29 is 4.74 Å². The van der Waals surface area contributed by atoms with Crippen LogP contribution in [-0.2, 0) is 6.61 Å². The molecule has 3 rings (SSSR count). The second-order valence-electron chi connectivity index (χ2n) is 3.88. The minimum Gasteiger partial charge on any atom is -0.473 e. The molecule has 2 heterocycles. The number of rotatable bonds is 0. The number of fused-ring (bicyclic) bond motifs is 3. The van der Waals surface area contributed by atoms with E-state index >= 15 is 0 Å². The summed E-state index contributed by atoms with van der Waals surface area (Å²) in [6.45, 7) is 2.53. The Labute approximate surface area is 91.9 Å². The van der Waals surface area contributed by atoms with Crippen LogP contribution in [0.4, 0.5) is 0 Å². The summed E-state index contributed by atoms with van der Waals surface area (Å²) in [5, 5.41) is 0. The van der Waals surface area contributed by atoms with Crippen LogP contribution < -0.4 is 10.4 Å². The molecule has 0 aliphatic carbocycles. The molecule has 0 spiro atoms. The number of hydrogen-bond acceptors (Lipinski definition) is 3. The zero-order valence-electron chi connectivity index (χ0n) is 8.78. The van der Waals surface area contributed by atoms with Crippen molar-refractivity contribution in [3.63, 3.8) is 0 Å². The Morgan fingerprint density at radius 3 is 3.12 bits per heavy atom. The summed E-state index contributed by atoms with van der Waals surface area (Å²) in [4.78, 5) is 17.4. The second kappa shape index (κ2) is 3.20. The first kappa shape index (κ1) is 9.15. The molecule has 1 aromatic heterocycles. The van der Waals surface area contributed by atoms with E-state index in [0.29, 0.717) is 12.5 Å². The van der Waals surface area contributed by atoms with Gasteiger partial charge in [0.1, 0.15) is 6.61 Å². The van der Waals surface area contributed by atoms with Crippen LogP contribution in [0, 0.1) is 6.92 Å². The molecule has 4 heteroatoms. The van der Waals surface area contributed by atoms with E-state index in [1.165, 1.54) is 5.56 Å². The molecule has 0 bridgehead atoms. The van der Waals surface area contributed by atoms with Crippen LogP contribution in [0.2, 0.25) is 0 Å². The summed E-state index contributed by atoms with van der Waals surface area (Å²) >= 11 is 0. The molecule has 2 aromatic rings. The quantitative estimate of drug-likeness (QED) is 0.725. The standard InChI is InChI=1S/C12H10N2O2/c1-7-2-3-9-8(4-7)6-16-11-10(9)5-13-12(15)14-11/h2-5H,6H2,1H3,(H,13,14,15). The number of benzene rings is 1. The summed E-state index contributed by atoms with van der Waals surface area (Å²) in [7, 11) is 0. The Balaban J connectivity index is 2.27. The summed E-state index contributed by atoms with van der Waals surface area (Å²) in [5.74, 6) is 0.511. The third-order valence-corrected chi connectivity index (χ3v) is 2.70. The molecule has 0 saturated carbocycles. The highest BCUT2D eigenvalue weighted by molar-refractivity contribution is 5.72. The summed E-state index contributed by atoms with van der Waals surface area (Å²) < 4.78 is 5.49. The molecule has 0 radical (unpaired) electrons. The van der Waals surface area contributed by atoms with Gasteiger partial charge in [-0.3, -0.25) is 4.98 Å². The van der Waals surface area contributed by atoms with Crippen LogP contribution in [0.25, 0.3) is 11.1 Å². The number of nitrogens with one attached hydrogen (secondary N) is 1.